The number of hydrogen-bond donors (Lipinski definition) is 1. The maximum Gasteiger partial charge on any atom is 0.340 e. The maximum absolute atomic E-state index is 11.5. The van der Waals surface area contributed by atoms with Gasteiger partial charge >= 0.3 is 5.97 Å². The molecule has 0 aliphatic heterocycles. The molecule has 3 heterocycles. The third-order valence-electron chi connectivity index (χ3n) is 2.88. The van der Waals surface area contributed by atoms with Crippen molar-refractivity contribution in [2.45, 2.75) is 6.92 Å². The van der Waals surface area contributed by atoms with Gasteiger partial charge in [-0.2, -0.15) is 5.10 Å². The molecular weight excluding hydrogens is 242 g/mol. The van der Waals surface area contributed by atoms with Gasteiger partial charge in [0.15, 0.2) is 0 Å². The molecule has 3 aromatic rings. The second-order valence-electron chi connectivity index (χ2n) is 4.22. The van der Waals surface area contributed by atoms with Gasteiger partial charge < -0.3 is 5.11 Å². The lowest BCUT2D eigenvalue weighted by molar-refractivity contribution is 0.0700. The van der Waals surface area contributed by atoms with E-state index in [1.807, 2.05) is 19.1 Å². The molecule has 5 nitrogen and oxygen atoms in total. The number of aryl methyl sites for hydroxylation is 1. The van der Waals surface area contributed by atoms with E-state index in [1.165, 1.54) is 0 Å². The van der Waals surface area contributed by atoms with E-state index < -0.39 is 5.97 Å². The summed E-state index contributed by atoms with van der Waals surface area (Å²) >= 11 is 0. The van der Waals surface area contributed by atoms with Crippen molar-refractivity contribution in [1.29, 1.82) is 0 Å². The molecule has 0 bridgehead atoms. The SMILES string of the molecule is Cc1cccc(-c2nn3ccccc3c2C(=O)O)n1. The zero-order valence-corrected chi connectivity index (χ0v) is 10.2. The van der Waals surface area contributed by atoms with Crippen LogP contribution >= 0.6 is 0 Å². The van der Waals surface area contributed by atoms with Crippen LogP contribution in [0.15, 0.2) is 42.6 Å². The summed E-state index contributed by atoms with van der Waals surface area (Å²) in [7, 11) is 0. The van der Waals surface area contributed by atoms with E-state index >= 15 is 0 Å². The Morgan fingerprint density at radius 1 is 1.21 bits per heavy atom. The van der Waals surface area contributed by atoms with Crippen LogP contribution in [0.5, 0.6) is 0 Å². The van der Waals surface area contributed by atoms with E-state index in [2.05, 4.69) is 10.1 Å². The molecule has 0 saturated heterocycles. The number of rotatable bonds is 2. The van der Waals surface area contributed by atoms with Crippen molar-refractivity contribution in [3.63, 3.8) is 0 Å². The van der Waals surface area contributed by atoms with Crippen LogP contribution in [0.3, 0.4) is 0 Å². The van der Waals surface area contributed by atoms with Crippen LogP contribution in [0, 0.1) is 6.92 Å². The molecule has 3 rings (SSSR count). The second-order valence-corrected chi connectivity index (χ2v) is 4.22. The van der Waals surface area contributed by atoms with Crippen LogP contribution in [-0.4, -0.2) is 25.7 Å². The molecule has 0 saturated carbocycles. The Kier molecular flexibility index (Phi) is 2.52. The molecule has 1 N–H and O–H groups in total. The van der Waals surface area contributed by atoms with Gasteiger partial charge in [-0.25, -0.2) is 9.31 Å². The van der Waals surface area contributed by atoms with Crippen LogP contribution < -0.4 is 0 Å². The molecule has 0 radical (unpaired) electrons. The molecule has 5 heteroatoms. The van der Waals surface area contributed by atoms with E-state index in [0.29, 0.717) is 16.9 Å². The van der Waals surface area contributed by atoms with Crippen LogP contribution in [0.1, 0.15) is 16.1 Å². The average Bonchev–Trinajstić information content (AvgIpc) is 2.78. The van der Waals surface area contributed by atoms with Crippen LogP contribution in [0.4, 0.5) is 0 Å². The first-order chi connectivity index (χ1) is 9.16. The molecule has 0 spiro atoms. The summed E-state index contributed by atoms with van der Waals surface area (Å²) in [4.78, 5) is 15.8. The van der Waals surface area contributed by atoms with Crippen molar-refractivity contribution in [3.05, 3.63) is 53.9 Å². The Labute approximate surface area is 109 Å². The van der Waals surface area contributed by atoms with Crippen molar-refractivity contribution in [2.75, 3.05) is 0 Å². The molecule has 19 heavy (non-hydrogen) atoms. The summed E-state index contributed by atoms with van der Waals surface area (Å²) in [6.07, 6.45) is 1.72. The Balaban J connectivity index is 2.34. The van der Waals surface area contributed by atoms with Gasteiger partial charge in [-0.3, -0.25) is 4.98 Å². The lowest BCUT2D eigenvalue weighted by Crippen LogP contribution is -1.99. The van der Waals surface area contributed by atoms with Crippen molar-refractivity contribution in [1.82, 2.24) is 14.6 Å². The highest BCUT2D eigenvalue weighted by molar-refractivity contribution is 6.01. The summed E-state index contributed by atoms with van der Waals surface area (Å²) in [5, 5.41) is 13.7. The zero-order chi connectivity index (χ0) is 13.4. The van der Waals surface area contributed by atoms with Gasteiger partial charge in [0.05, 0.1) is 11.2 Å². The molecule has 0 aliphatic carbocycles. The van der Waals surface area contributed by atoms with E-state index in [-0.39, 0.29) is 5.56 Å². The van der Waals surface area contributed by atoms with Crippen molar-refractivity contribution in [2.24, 2.45) is 0 Å². The number of fused-ring (bicyclic) bond motifs is 1. The summed E-state index contributed by atoms with van der Waals surface area (Å²) in [6.45, 7) is 1.86. The molecular formula is C14H11N3O2. The second kappa shape index (κ2) is 4.20. The first kappa shape index (κ1) is 11.4. The predicted octanol–water partition coefficient (Wildman–Crippen LogP) is 2.40. The fourth-order valence-corrected chi connectivity index (χ4v) is 2.06. The predicted molar refractivity (Wildman–Crippen MR) is 70.1 cm³/mol. The van der Waals surface area contributed by atoms with E-state index in [4.69, 9.17) is 0 Å². The largest absolute Gasteiger partial charge is 0.478 e. The Morgan fingerprint density at radius 3 is 2.79 bits per heavy atom. The average molecular weight is 253 g/mol. The summed E-state index contributed by atoms with van der Waals surface area (Å²) in [6, 6.07) is 10.8. The van der Waals surface area contributed by atoms with Crippen molar-refractivity contribution >= 4 is 11.5 Å². The third kappa shape index (κ3) is 1.85. The van der Waals surface area contributed by atoms with E-state index in [1.54, 1.807) is 35.0 Å². The fourth-order valence-electron chi connectivity index (χ4n) is 2.06. The number of hydrogen-bond acceptors (Lipinski definition) is 3. The summed E-state index contributed by atoms with van der Waals surface area (Å²) < 4.78 is 1.56. The Hall–Kier alpha value is -2.69. The van der Waals surface area contributed by atoms with Gasteiger partial charge in [0.25, 0.3) is 0 Å². The normalized spacial score (nSPS) is 10.8. The van der Waals surface area contributed by atoms with Gasteiger partial charge in [0, 0.05) is 11.9 Å². The summed E-state index contributed by atoms with van der Waals surface area (Å²) in [5.74, 6) is -1.00. The Bertz CT molecular complexity index is 777. The minimum absolute atomic E-state index is 0.179. The van der Waals surface area contributed by atoms with E-state index in [0.717, 1.165) is 5.69 Å². The number of aromatic nitrogens is 3. The molecule has 0 fully saturated rings. The quantitative estimate of drug-likeness (QED) is 0.761. The van der Waals surface area contributed by atoms with Crippen molar-refractivity contribution in [3.8, 4) is 11.4 Å². The number of nitrogens with zero attached hydrogens (tertiary/aromatic N) is 3. The van der Waals surface area contributed by atoms with Crippen LogP contribution in [0.2, 0.25) is 0 Å². The Morgan fingerprint density at radius 2 is 2.05 bits per heavy atom. The first-order valence-corrected chi connectivity index (χ1v) is 5.81. The first-order valence-electron chi connectivity index (χ1n) is 5.81. The minimum atomic E-state index is -1.00. The van der Waals surface area contributed by atoms with Crippen LogP contribution in [-0.2, 0) is 0 Å². The third-order valence-corrected chi connectivity index (χ3v) is 2.88. The molecule has 0 atom stereocenters. The van der Waals surface area contributed by atoms with Crippen LogP contribution in [0.25, 0.3) is 16.9 Å². The lowest BCUT2D eigenvalue weighted by atomic mass is 10.1. The highest BCUT2D eigenvalue weighted by Crippen LogP contribution is 2.24. The highest BCUT2D eigenvalue weighted by atomic mass is 16.4. The van der Waals surface area contributed by atoms with Gasteiger partial charge in [-0.1, -0.05) is 12.1 Å². The topological polar surface area (TPSA) is 67.5 Å². The smallest absolute Gasteiger partial charge is 0.340 e. The molecule has 0 aromatic carbocycles. The number of carbonyl (C=O) groups is 1. The van der Waals surface area contributed by atoms with Gasteiger partial charge in [0.1, 0.15) is 11.3 Å². The standard InChI is InChI=1S/C14H11N3O2/c1-9-5-4-6-10(15-9)13-12(14(18)19)11-7-2-3-8-17(11)16-13/h2-8H,1H3,(H,18,19). The number of aromatic carboxylic acids is 1. The monoisotopic (exact) mass is 253 g/mol. The minimum Gasteiger partial charge on any atom is -0.478 e. The number of carboxylic acid groups (broad SMARTS) is 1. The van der Waals surface area contributed by atoms with E-state index in [9.17, 15) is 9.90 Å². The summed E-state index contributed by atoms with van der Waals surface area (Å²) in [5.41, 5.74) is 2.53. The van der Waals surface area contributed by atoms with Gasteiger partial charge in [-0.15, -0.1) is 0 Å². The molecule has 94 valence electrons. The molecule has 3 aromatic heterocycles. The number of pyridine rings is 2. The number of carboxylic acids is 1. The van der Waals surface area contributed by atoms with Gasteiger partial charge in [0.2, 0.25) is 0 Å². The maximum atomic E-state index is 11.5. The highest BCUT2D eigenvalue weighted by Gasteiger charge is 2.20. The lowest BCUT2D eigenvalue weighted by Gasteiger charge is -1.99. The van der Waals surface area contributed by atoms with Gasteiger partial charge in [-0.05, 0) is 31.2 Å². The zero-order valence-electron chi connectivity index (χ0n) is 10.2. The molecule has 0 amide bonds. The molecule has 0 unspecified atom stereocenters. The fraction of sp³-hybridized carbons (Fsp3) is 0.0714. The van der Waals surface area contributed by atoms with Crippen molar-refractivity contribution < 1.29 is 9.90 Å². The molecule has 0 aliphatic rings.